The molecule has 1 aliphatic heterocycles. The standard InChI is InChI=1S/C14H15BrFNO3S/c1-7(2)13-17(11(6-21-13)14(19)20)12(18)8-3-9(15)5-10(16)4-8/h3-5,7,11,13H,6H2,1-2H3,(H,19,20). The van der Waals surface area contributed by atoms with Crippen molar-refractivity contribution in [3.05, 3.63) is 34.1 Å². The first-order valence-electron chi connectivity index (χ1n) is 6.44. The summed E-state index contributed by atoms with van der Waals surface area (Å²) in [5.74, 6) is -1.56. The van der Waals surface area contributed by atoms with Crippen molar-refractivity contribution in [2.45, 2.75) is 25.3 Å². The maximum Gasteiger partial charge on any atom is 0.327 e. The van der Waals surface area contributed by atoms with Gasteiger partial charge in [0, 0.05) is 15.8 Å². The van der Waals surface area contributed by atoms with Crippen LogP contribution in [0.1, 0.15) is 24.2 Å². The molecule has 1 fully saturated rings. The van der Waals surface area contributed by atoms with E-state index in [2.05, 4.69) is 15.9 Å². The van der Waals surface area contributed by atoms with Gasteiger partial charge in [0.25, 0.3) is 5.91 Å². The van der Waals surface area contributed by atoms with Crippen LogP contribution in [0.5, 0.6) is 0 Å². The molecule has 2 rings (SSSR count). The minimum absolute atomic E-state index is 0.111. The Morgan fingerprint density at radius 1 is 1.43 bits per heavy atom. The molecule has 7 heteroatoms. The minimum atomic E-state index is -1.03. The Bertz CT molecular complexity index is 561. The third-order valence-corrected chi connectivity index (χ3v) is 5.31. The van der Waals surface area contributed by atoms with Gasteiger partial charge < -0.3 is 10.0 Å². The van der Waals surface area contributed by atoms with Gasteiger partial charge in [-0.25, -0.2) is 9.18 Å². The maximum atomic E-state index is 13.5. The molecule has 1 aromatic carbocycles. The van der Waals surface area contributed by atoms with Gasteiger partial charge in [0.05, 0.1) is 5.37 Å². The largest absolute Gasteiger partial charge is 0.480 e. The SMILES string of the molecule is CC(C)C1SCC(C(=O)O)N1C(=O)c1cc(F)cc(Br)c1. The summed E-state index contributed by atoms with van der Waals surface area (Å²) in [7, 11) is 0. The fourth-order valence-corrected chi connectivity index (χ4v) is 4.25. The number of carbonyl (C=O) groups is 2. The predicted molar refractivity (Wildman–Crippen MR) is 82.8 cm³/mol. The number of benzene rings is 1. The maximum absolute atomic E-state index is 13.5. The first-order chi connectivity index (χ1) is 9.81. The third-order valence-electron chi connectivity index (χ3n) is 3.23. The summed E-state index contributed by atoms with van der Waals surface area (Å²) in [6, 6.07) is 3.01. The number of carbonyl (C=O) groups excluding carboxylic acids is 1. The monoisotopic (exact) mass is 375 g/mol. The summed E-state index contributed by atoms with van der Waals surface area (Å²) < 4.78 is 13.9. The number of rotatable bonds is 3. The molecule has 0 aliphatic carbocycles. The molecule has 0 radical (unpaired) electrons. The summed E-state index contributed by atoms with van der Waals surface area (Å²) in [5, 5.41) is 9.08. The molecule has 1 saturated heterocycles. The molecule has 2 atom stereocenters. The van der Waals surface area contributed by atoms with Crippen LogP contribution in [0.4, 0.5) is 4.39 Å². The van der Waals surface area contributed by atoms with E-state index in [1.54, 1.807) is 0 Å². The first kappa shape index (κ1) is 16.3. The molecule has 4 nitrogen and oxygen atoms in total. The van der Waals surface area contributed by atoms with Crippen LogP contribution < -0.4 is 0 Å². The molecule has 114 valence electrons. The Labute approximate surface area is 134 Å². The van der Waals surface area contributed by atoms with Gasteiger partial charge in [-0.15, -0.1) is 11.8 Å². The molecule has 0 bridgehead atoms. The average molecular weight is 376 g/mol. The van der Waals surface area contributed by atoms with Crippen molar-refractivity contribution in [2.75, 3.05) is 5.75 Å². The number of amides is 1. The summed E-state index contributed by atoms with van der Waals surface area (Å²) in [5.41, 5.74) is 0.154. The number of carboxylic acids is 1. The molecule has 1 amide bonds. The van der Waals surface area contributed by atoms with Crippen LogP contribution in [0.3, 0.4) is 0 Å². The summed E-state index contributed by atoms with van der Waals surface area (Å²) in [4.78, 5) is 25.4. The number of thioether (sulfide) groups is 1. The van der Waals surface area contributed by atoms with Crippen molar-refractivity contribution in [3.63, 3.8) is 0 Å². The van der Waals surface area contributed by atoms with Gasteiger partial charge in [-0.2, -0.15) is 0 Å². The zero-order valence-electron chi connectivity index (χ0n) is 11.5. The highest BCUT2D eigenvalue weighted by molar-refractivity contribution is 9.10. The Balaban J connectivity index is 2.38. The zero-order chi connectivity index (χ0) is 15.7. The summed E-state index contributed by atoms with van der Waals surface area (Å²) >= 11 is 4.59. The molecule has 0 aromatic heterocycles. The lowest BCUT2D eigenvalue weighted by atomic mass is 10.1. The van der Waals surface area contributed by atoms with Crippen LogP contribution in [0.2, 0.25) is 0 Å². The topological polar surface area (TPSA) is 57.6 Å². The van der Waals surface area contributed by atoms with Gasteiger partial charge in [-0.3, -0.25) is 4.79 Å². The molecule has 1 heterocycles. The molecule has 0 spiro atoms. The zero-order valence-corrected chi connectivity index (χ0v) is 13.9. The lowest BCUT2D eigenvalue weighted by molar-refractivity contribution is -0.141. The second-order valence-corrected chi connectivity index (χ2v) is 7.26. The van der Waals surface area contributed by atoms with Crippen molar-refractivity contribution in [1.29, 1.82) is 0 Å². The number of hydrogen-bond donors (Lipinski definition) is 1. The summed E-state index contributed by atoms with van der Waals surface area (Å²) in [6.45, 7) is 3.87. The van der Waals surface area contributed by atoms with Gasteiger partial charge in [0.2, 0.25) is 0 Å². The van der Waals surface area contributed by atoms with E-state index in [1.807, 2.05) is 13.8 Å². The van der Waals surface area contributed by atoms with E-state index in [-0.39, 0.29) is 16.9 Å². The Morgan fingerprint density at radius 2 is 2.10 bits per heavy atom. The van der Waals surface area contributed by atoms with E-state index >= 15 is 0 Å². The Hall–Kier alpha value is -1.08. The van der Waals surface area contributed by atoms with Crippen molar-refractivity contribution < 1.29 is 19.1 Å². The van der Waals surface area contributed by atoms with E-state index in [1.165, 1.54) is 28.8 Å². The van der Waals surface area contributed by atoms with Gasteiger partial charge in [0.1, 0.15) is 11.9 Å². The lowest BCUT2D eigenvalue weighted by Crippen LogP contribution is -2.47. The number of halogens is 2. The molecule has 1 N–H and O–H groups in total. The average Bonchev–Trinajstić information content (AvgIpc) is 2.81. The molecular formula is C14H15BrFNO3S. The van der Waals surface area contributed by atoms with Crippen LogP contribution >= 0.6 is 27.7 Å². The lowest BCUT2D eigenvalue weighted by Gasteiger charge is -2.29. The fraction of sp³-hybridized carbons (Fsp3) is 0.429. The Morgan fingerprint density at radius 3 is 2.62 bits per heavy atom. The van der Waals surface area contributed by atoms with Crippen LogP contribution in [-0.2, 0) is 4.79 Å². The van der Waals surface area contributed by atoms with Crippen molar-refractivity contribution in [1.82, 2.24) is 4.90 Å². The van der Waals surface area contributed by atoms with E-state index in [0.29, 0.717) is 10.2 Å². The van der Waals surface area contributed by atoms with Crippen LogP contribution in [0, 0.1) is 11.7 Å². The first-order valence-corrected chi connectivity index (χ1v) is 8.28. The third kappa shape index (κ3) is 3.40. The van der Waals surface area contributed by atoms with Gasteiger partial charge in [0.15, 0.2) is 0 Å². The van der Waals surface area contributed by atoms with E-state index < -0.39 is 23.7 Å². The van der Waals surface area contributed by atoms with Gasteiger partial charge >= 0.3 is 5.97 Å². The molecule has 1 aromatic rings. The predicted octanol–water partition coefficient (Wildman–Crippen LogP) is 3.21. The van der Waals surface area contributed by atoms with Crippen LogP contribution in [0.15, 0.2) is 22.7 Å². The fourth-order valence-electron chi connectivity index (χ4n) is 2.32. The number of aliphatic carboxylic acids is 1. The van der Waals surface area contributed by atoms with Gasteiger partial charge in [-0.05, 0) is 24.1 Å². The normalized spacial score (nSPS) is 21.9. The Kier molecular flexibility index (Phi) is 4.93. The van der Waals surface area contributed by atoms with E-state index in [4.69, 9.17) is 0 Å². The van der Waals surface area contributed by atoms with Crippen molar-refractivity contribution >= 4 is 39.6 Å². The van der Waals surface area contributed by atoms with Gasteiger partial charge in [-0.1, -0.05) is 29.8 Å². The molecular weight excluding hydrogens is 361 g/mol. The highest BCUT2D eigenvalue weighted by Crippen LogP contribution is 2.35. The minimum Gasteiger partial charge on any atom is -0.480 e. The smallest absolute Gasteiger partial charge is 0.327 e. The van der Waals surface area contributed by atoms with E-state index in [9.17, 15) is 19.1 Å². The highest BCUT2D eigenvalue weighted by atomic mass is 79.9. The van der Waals surface area contributed by atoms with E-state index in [0.717, 1.165) is 6.07 Å². The van der Waals surface area contributed by atoms with Crippen molar-refractivity contribution in [2.24, 2.45) is 5.92 Å². The molecule has 21 heavy (non-hydrogen) atoms. The van der Waals surface area contributed by atoms with Crippen molar-refractivity contribution in [3.8, 4) is 0 Å². The number of carboxylic acid groups (broad SMARTS) is 1. The van der Waals surface area contributed by atoms with Crippen LogP contribution in [-0.4, -0.2) is 39.1 Å². The number of nitrogens with zero attached hydrogens (tertiary/aromatic N) is 1. The molecule has 2 unspecified atom stereocenters. The second kappa shape index (κ2) is 6.36. The van der Waals surface area contributed by atoms with Crippen LogP contribution in [0.25, 0.3) is 0 Å². The second-order valence-electron chi connectivity index (χ2n) is 5.19. The number of hydrogen-bond acceptors (Lipinski definition) is 3. The molecule has 1 aliphatic rings. The summed E-state index contributed by atoms with van der Waals surface area (Å²) in [6.07, 6.45) is 0. The quantitative estimate of drug-likeness (QED) is 0.880. The molecule has 0 saturated carbocycles. The highest BCUT2D eigenvalue weighted by Gasteiger charge is 2.43.